The molecule has 9 heteroatoms. The minimum atomic E-state index is -2.44. The third-order valence-corrected chi connectivity index (χ3v) is 13.2. The van der Waals surface area contributed by atoms with E-state index in [9.17, 15) is 19.5 Å². The number of esters is 1. The number of carboxylic acid groups (broad SMARTS) is 1. The Bertz CT molecular complexity index is 1170. The fourth-order valence-electron chi connectivity index (χ4n) is 4.78. The second kappa shape index (κ2) is 18.7. The Morgan fingerprint density at radius 1 is 0.867 bits per heavy atom. The number of alkyl carbamates (subject to hydrolysis) is 1. The summed E-state index contributed by atoms with van der Waals surface area (Å²) in [5.74, 6) is -2.38. The monoisotopic (exact) mass is 641 g/mol. The molecular weight excluding hydrogens is 586 g/mol. The van der Waals surface area contributed by atoms with E-state index in [2.05, 4.69) is 46.1 Å². The first-order chi connectivity index (χ1) is 21.2. The average Bonchev–Trinajstić information content (AvgIpc) is 2.98. The normalized spacial score (nSPS) is 14.6. The summed E-state index contributed by atoms with van der Waals surface area (Å²) < 4.78 is 18.3. The zero-order chi connectivity index (χ0) is 33.5. The Kier molecular flexibility index (Phi) is 15.8. The van der Waals surface area contributed by atoms with E-state index in [1.54, 1.807) is 6.92 Å². The fraction of sp³-hybridized carbons (Fsp3) is 0.583. The van der Waals surface area contributed by atoms with Crippen molar-refractivity contribution in [1.82, 2.24) is 5.32 Å². The molecule has 0 bridgehead atoms. The summed E-state index contributed by atoms with van der Waals surface area (Å²) in [5.41, 5.74) is 1.82. The Morgan fingerprint density at radius 2 is 1.44 bits per heavy atom. The molecule has 0 fully saturated rings. The molecule has 0 saturated heterocycles. The number of carbonyl (C=O) groups is 3. The second-order valence-corrected chi connectivity index (χ2v) is 18.2. The molecule has 0 unspecified atom stereocenters. The van der Waals surface area contributed by atoms with Crippen LogP contribution >= 0.6 is 0 Å². The summed E-state index contributed by atoms with van der Waals surface area (Å²) in [5, 5.41) is 12.6. The zero-order valence-electron chi connectivity index (χ0n) is 28.3. The Labute approximate surface area is 271 Å². The van der Waals surface area contributed by atoms with E-state index < -0.39 is 50.5 Å². The zero-order valence-corrected chi connectivity index (χ0v) is 29.3. The molecule has 2 aromatic carbocycles. The SMILES string of the molecule is CCCCCCC[C@@H](OC(=O)C[C@@H](O[Si](C)(C)C(C)(C)C)[C@H](Cc1ccccc1)NC(=O)OCc1ccccc1)[C@H](C)C(=O)O. The third-order valence-electron chi connectivity index (χ3n) is 8.71. The molecule has 0 heterocycles. The van der Waals surface area contributed by atoms with Crippen LogP contribution in [0.2, 0.25) is 18.1 Å². The maximum atomic E-state index is 13.6. The minimum absolute atomic E-state index is 0.105. The number of hydrogen-bond acceptors (Lipinski definition) is 6. The first-order valence-corrected chi connectivity index (χ1v) is 19.3. The molecule has 0 saturated carbocycles. The van der Waals surface area contributed by atoms with E-state index in [1.807, 2.05) is 60.7 Å². The van der Waals surface area contributed by atoms with Gasteiger partial charge in [0.2, 0.25) is 0 Å². The Hall–Kier alpha value is -3.17. The van der Waals surface area contributed by atoms with Crippen LogP contribution in [0.4, 0.5) is 4.79 Å². The van der Waals surface area contributed by atoms with Crippen LogP contribution in [-0.4, -0.2) is 49.7 Å². The number of ether oxygens (including phenoxy) is 2. The van der Waals surface area contributed by atoms with Crippen molar-refractivity contribution in [3.8, 4) is 0 Å². The lowest BCUT2D eigenvalue weighted by Gasteiger charge is -2.41. The third kappa shape index (κ3) is 13.8. The van der Waals surface area contributed by atoms with E-state index in [1.165, 1.54) is 0 Å². The molecule has 45 heavy (non-hydrogen) atoms. The smallest absolute Gasteiger partial charge is 0.407 e. The number of unbranched alkanes of at least 4 members (excludes halogenated alkanes) is 4. The predicted octanol–water partition coefficient (Wildman–Crippen LogP) is 8.30. The average molecular weight is 642 g/mol. The van der Waals surface area contributed by atoms with Crippen molar-refractivity contribution in [2.75, 3.05) is 0 Å². The molecule has 4 atom stereocenters. The first-order valence-electron chi connectivity index (χ1n) is 16.3. The number of carboxylic acids is 1. The molecule has 1 amide bonds. The lowest BCUT2D eigenvalue weighted by molar-refractivity contribution is -0.160. The molecule has 0 radical (unpaired) electrons. The molecule has 2 N–H and O–H groups in total. The summed E-state index contributed by atoms with van der Waals surface area (Å²) in [6, 6.07) is 18.5. The highest BCUT2D eigenvalue weighted by Gasteiger charge is 2.42. The summed E-state index contributed by atoms with van der Waals surface area (Å²) in [6.45, 7) is 14.4. The van der Waals surface area contributed by atoms with Gasteiger partial charge in [0.1, 0.15) is 12.7 Å². The lowest BCUT2D eigenvalue weighted by Crippen LogP contribution is -2.53. The van der Waals surface area contributed by atoms with Crippen LogP contribution in [-0.2, 0) is 36.5 Å². The van der Waals surface area contributed by atoms with Crippen LogP contribution in [0.5, 0.6) is 0 Å². The molecule has 0 aliphatic heterocycles. The Balaban J connectivity index is 2.32. The summed E-state index contributed by atoms with van der Waals surface area (Å²) in [7, 11) is -2.44. The second-order valence-electron chi connectivity index (χ2n) is 13.5. The lowest BCUT2D eigenvalue weighted by atomic mass is 9.97. The molecule has 0 aliphatic rings. The van der Waals surface area contributed by atoms with Crippen LogP contribution in [0, 0.1) is 5.92 Å². The number of benzene rings is 2. The van der Waals surface area contributed by atoms with Crippen molar-refractivity contribution >= 4 is 26.3 Å². The molecule has 2 aromatic rings. The largest absolute Gasteiger partial charge is 0.481 e. The van der Waals surface area contributed by atoms with E-state index in [0.717, 1.165) is 43.2 Å². The van der Waals surface area contributed by atoms with Crippen molar-refractivity contribution < 1.29 is 33.4 Å². The number of nitrogens with one attached hydrogen (secondary N) is 1. The van der Waals surface area contributed by atoms with Crippen LogP contribution in [0.25, 0.3) is 0 Å². The van der Waals surface area contributed by atoms with Gasteiger partial charge in [0, 0.05) is 0 Å². The van der Waals surface area contributed by atoms with Crippen LogP contribution in [0.15, 0.2) is 60.7 Å². The van der Waals surface area contributed by atoms with Gasteiger partial charge in [0.05, 0.1) is 24.5 Å². The minimum Gasteiger partial charge on any atom is -0.481 e. The topological polar surface area (TPSA) is 111 Å². The fourth-order valence-corrected chi connectivity index (χ4v) is 6.14. The van der Waals surface area contributed by atoms with Crippen LogP contribution < -0.4 is 5.32 Å². The molecular formula is C36H55NO7Si. The predicted molar refractivity (Wildman–Crippen MR) is 180 cm³/mol. The first kappa shape index (κ1) is 38.0. The number of amides is 1. The number of carbonyl (C=O) groups excluding carboxylic acids is 2. The molecule has 0 aliphatic carbocycles. The van der Waals surface area contributed by atoms with Gasteiger partial charge in [-0.15, -0.1) is 0 Å². The van der Waals surface area contributed by atoms with Gasteiger partial charge in [-0.25, -0.2) is 4.79 Å². The van der Waals surface area contributed by atoms with Gasteiger partial charge in [-0.05, 0) is 55.4 Å². The molecule has 8 nitrogen and oxygen atoms in total. The number of aliphatic carboxylic acids is 1. The van der Waals surface area contributed by atoms with Crippen LogP contribution in [0.1, 0.15) is 90.7 Å². The number of rotatable bonds is 19. The van der Waals surface area contributed by atoms with E-state index >= 15 is 0 Å². The van der Waals surface area contributed by atoms with Crippen molar-refractivity contribution in [2.45, 2.75) is 129 Å². The van der Waals surface area contributed by atoms with Gasteiger partial charge in [0.25, 0.3) is 0 Å². The summed E-state index contributed by atoms with van der Waals surface area (Å²) in [6.07, 6.45) is 3.69. The molecule has 250 valence electrons. The van der Waals surface area contributed by atoms with E-state index in [0.29, 0.717) is 12.8 Å². The molecule has 0 aromatic heterocycles. The highest BCUT2D eigenvalue weighted by Crippen LogP contribution is 2.38. The van der Waals surface area contributed by atoms with Gasteiger partial charge < -0.3 is 24.3 Å². The van der Waals surface area contributed by atoms with Crippen molar-refractivity contribution in [3.05, 3.63) is 71.8 Å². The van der Waals surface area contributed by atoms with Gasteiger partial charge in [-0.2, -0.15) is 0 Å². The Morgan fingerprint density at radius 3 is 2.00 bits per heavy atom. The van der Waals surface area contributed by atoms with Crippen LogP contribution in [0.3, 0.4) is 0 Å². The maximum Gasteiger partial charge on any atom is 0.407 e. The summed E-state index contributed by atoms with van der Waals surface area (Å²) >= 11 is 0. The van der Waals surface area contributed by atoms with Gasteiger partial charge in [-0.1, -0.05) is 114 Å². The maximum absolute atomic E-state index is 13.6. The van der Waals surface area contributed by atoms with E-state index in [-0.39, 0.29) is 18.1 Å². The van der Waals surface area contributed by atoms with E-state index in [4.69, 9.17) is 13.9 Å². The van der Waals surface area contributed by atoms with Gasteiger partial charge in [0.15, 0.2) is 8.32 Å². The highest BCUT2D eigenvalue weighted by atomic mass is 28.4. The van der Waals surface area contributed by atoms with Crippen molar-refractivity contribution in [1.29, 1.82) is 0 Å². The quantitative estimate of drug-likeness (QED) is 0.0902. The number of hydrogen-bond donors (Lipinski definition) is 2. The van der Waals surface area contributed by atoms with Crippen molar-refractivity contribution in [3.63, 3.8) is 0 Å². The summed E-state index contributed by atoms with van der Waals surface area (Å²) in [4.78, 5) is 38.6. The standard InChI is InChI=1S/C36H55NO7Si/c1-8-9-10-11-18-23-31(27(2)34(39)40)43-33(38)25-32(44-45(6,7)36(3,4)5)30(24-28-19-14-12-15-20-28)37-35(41)42-26-29-21-16-13-17-22-29/h12-17,19-22,27,30-32H,8-11,18,23-26H2,1-7H3,(H,37,41)(H,39,40)/t27-,30-,31+,32+/m0/s1. The molecule has 0 spiro atoms. The van der Waals surface area contributed by atoms with Gasteiger partial charge >= 0.3 is 18.0 Å². The van der Waals surface area contributed by atoms with Gasteiger partial charge in [-0.3, -0.25) is 9.59 Å². The van der Waals surface area contributed by atoms with Crippen molar-refractivity contribution in [2.24, 2.45) is 5.92 Å². The molecule has 2 rings (SSSR count). The highest BCUT2D eigenvalue weighted by molar-refractivity contribution is 6.74.